The highest BCUT2D eigenvalue weighted by atomic mass is 19.4. The Morgan fingerprint density at radius 2 is 2.00 bits per heavy atom. The van der Waals surface area contributed by atoms with Gasteiger partial charge in [-0.25, -0.2) is 5.84 Å². The molecule has 1 amide bonds. The van der Waals surface area contributed by atoms with E-state index in [0.29, 0.717) is 6.07 Å². The van der Waals surface area contributed by atoms with E-state index in [9.17, 15) is 22.8 Å². The first kappa shape index (κ1) is 13.1. The number of H-pyrrole nitrogens is 1. The number of aromatic amines is 1. The fourth-order valence-corrected chi connectivity index (χ4v) is 1.64. The van der Waals surface area contributed by atoms with Gasteiger partial charge in [-0.2, -0.15) is 13.2 Å². The predicted molar refractivity (Wildman–Crippen MR) is 61.2 cm³/mol. The molecule has 0 saturated carbocycles. The number of carbonyl (C=O) groups excluding carboxylic acids is 1. The van der Waals surface area contributed by atoms with Gasteiger partial charge in [0.05, 0.1) is 5.56 Å². The van der Waals surface area contributed by atoms with Gasteiger partial charge in [0.2, 0.25) is 5.43 Å². The van der Waals surface area contributed by atoms with E-state index in [1.807, 2.05) is 0 Å². The molecule has 0 unspecified atom stereocenters. The van der Waals surface area contributed by atoms with Crippen molar-refractivity contribution in [2.45, 2.75) is 6.18 Å². The summed E-state index contributed by atoms with van der Waals surface area (Å²) < 4.78 is 37.7. The van der Waals surface area contributed by atoms with Crippen LogP contribution in [0.15, 0.2) is 29.2 Å². The van der Waals surface area contributed by atoms with Gasteiger partial charge in [0.15, 0.2) is 0 Å². The minimum atomic E-state index is -4.56. The van der Waals surface area contributed by atoms with Crippen LogP contribution in [0.4, 0.5) is 13.2 Å². The number of nitrogens with one attached hydrogen (secondary N) is 2. The summed E-state index contributed by atoms with van der Waals surface area (Å²) in [6, 6.07) is 2.67. The van der Waals surface area contributed by atoms with Crippen LogP contribution >= 0.6 is 0 Å². The summed E-state index contributed by atoms with van der Waals surface area (Å²) in [6.07, 6.45) is -3.47. The Labute approximate surface area is 104 Å². The smallest absolute Gasteiger partial charge is 0.360 e. The first-order valence-corrected chi connectivity index (χ1v) is 5.08. The Kier molecular flexibility index (Phi) is 3.03. The third kappa shape index (κ3) is 2.29. The number of amides is 1. The molecule has 0 atom stereocenters. The zero-order chi connectivity index (χ0) is 14.2. The minimum absolute atomic E-state index is 0.201. The number of benzene rings is 1. The predicted octanol–water partition coefficient (Wildman–Crippen LogP) is 1.15. The van der Waals surface area contributed by atoms with E-state index < -0.39 is 23.1 Å². The second kappa shape index (κ2) is 4.39. The van der Waals surface area contributed by atoms with E-state index >= 15 is 0 Å². The van der Waals surface area contributed by atoms with Crippen LogP contribution in [0, 0.1) is 0 Å². The third-order valence-electron chi connectivity index (χ3n) is 2.58. The second-order valence-electron chi connectivity index (χ2n) is 3.76. The van der Waals surface area contributed by atoms with Crippen molar-refractivity contribution < 1.29 is 18.0 Å². The normalized spacial score (nSPS) is 11.6. The molecule has 0 fully saturated rings. The molecule has 5 nitrogen and oxygen atoms in total. The van der Waals surface area contributed by atoms with Crippen molar-refractivity contribution >= 4 is 16.8 Å². The van der Waals surface area contributed by atoms with Crippen LogP contribution in [-0.4, -0.2) is 10.9 Å². The van der Waals surface area contributed by atoms with E-state index in [-0.39, 0.29) is 16.5 Å². The van der Waals surface area contributed by atoms with Crippen molar-refractivity contribution in [2.75, 3.05) is 0 Å². The van der Waals surface area contributed by atoms with Crippen LogP contribution in [0.5, 0.6) is 0 Å². The van der Waals surface area contributed by atoms with Crippen LogP contribution in [0.2, 0.25) is 0 Å². The van der Waals surface area contributed by atoms with Crippen LogP contribution in [0.1, 0.15) is 15.9 Å². The molecule has 2 rings (SSSR count). The molecule has 1 aromatic heterocycles. The number of hydrogen-bond donors (Lipinski definition) is 3. The molecule has 0 aliphatic carbocycles. The number of hydrogen-bond acceptors (Lipinski definition) is 3. The molecular weight excluding hydrogens is 263 g/mol. The SMILES string of the molecule is NNC(=O)c1c[nH]c2ccc(C(F)(F)F)cc2c1=O. The first-order chi connectivity index (χ1) is 8.84. The van der Waals surface area contributed by atoms with E-state index in [1.165, 1.54) is 0 Å². The number of aromatic nitrogens is 1. The summed E-state index contributed by atoms with van der Waals surface area (Å²) in [4.78, 5) is 25.8. The van der Waals surface area contributed by atoms with Crippen molar-refractivity contribution in [2.24, 2.45) is 5.84 Å². The van der Waals surface area contributed by atoms with Gasteiger partial charge in [0, 0.05) is 17.1 Å². The number of nitrogen functional groups attached to an aromatic ring is 1. The molecule has 0 saturated heterocycles. The highest BCUT2D eigenvalue weighted by molar-refractivity contribution is 5.96. The summed E-state index contributed by atoms with van der Waals surface area (Å²) in [5, 5.41) is -0.226. The molecule has 2 aromatic rings. The minimum Gasteiger partial charge on any atom is -0.360 e. The van der Waals surface area contributed by atoms with Gasteiger partial charge in [-0.05, 0) is 18.2 Å². The van der Waals surface area contributed by atoms with E-state index in [4.69, 9.17) is 5.84 Å². The van der Waals surface area contributed by atoms with Gasteiger partial charge in [-0.1, -0.05) is 0 Å². The number of halogens is 3. The third-order valence-corrected chi connectivity index (χ3v) is 2.58. The van der Waals surface area contributed by atoms with E-state index in [1.54, 1.807) is 5.43 Å². The Balaban J connectivity index is 2.73. The molecule has 100 valence electrons. The number of carbonyl (C=O) groups is 1. The van der Waals surface area contributed by atoms with Gasteiger partial charge < -0.3 is 4.98 Å². The Morgan fingerprint density at radius 3 is 2.58 bits per heavy atom. The van der Waals surface area contributed by atoms with Crippen LogP contribution in [0.3, 0.4) is 0 Å². The quantitative estimate of drug-likeness (QED) is 0.413. The van der Waals surface area contributed by atoms with E-state index in [0.717, 1.165) is 18.3 Å². The summed E-state index contributed by atoms with van der Waals surface area (Å²) in [7, 11) is 0. The molecule has 0 aliphatic rings. The lowest BCUT2D eigenvalue weighted by Crippen LogP contribution is -2.33. The molecule has 19 heavy (non-hydrogen) atoms. The average Bonchev–Trinajstić information content (AvgIpc) is 2.37. The average molecular weight is 271 g/mol. The summed E-state index contributed by atoms with van der Waals surface area (Å²) >= 11 is 0. The highest BCUT2D eigenvalue weighted by Crippen LogP contribution is 2.30. The van der Waals surface area contributed by atoms with Gasteiger partial charge in [-0.15, -0.1) is 0 Å². The molecule has 8 heteroatoms. The summed E-state index contributed by atoms with van der Waals surface area (Å²) in [6.45, 7) is 0. The van der Waals surface area contributed by atoms with Crippen molar-refractivity contribution in [3.8, 4) is 0 Å². The number of pyridine rings is 1. The van der Waals surface area contributed by atoms with Crippen molar-refractivity contribution in [3.05, 3.63) is 45.7 Å². The van der Waals surface area contributed by atoms with Crippen molar-refractivity contribution in [1.29, 1.82) is 0 Å². The Morgan fingerprint density at radius 1 is 1.32 bits per heavy atom. The molecule has 4 N–H and O–H groups in total. The molecule has 1 aromatic carbocycles. The lowest BCUT2D eigenvalue weighted by molar-refractivity contribution is -0.137. The zero-order valence-electron chi connectivity index (χ0n) is 9.34. The number of nitrogens with two attached hydrogens (primary N) is 1. The lowest BCUT2D eigenvalue weighted by Gasteiger charge is -2.08. The Hall–Kier alpha value is -2.35. The molecule has 0 aliphatic heterocycles. The van der Waals surface area contributed by atoms with Crippen molar-refractivity contribution in [1.82, 2.24) is 10.4 Å². The van der Waals surface area contributed by atoms with Gasteiger partial charge >= 0.3 is 6.18 Å². The fourth-order valence-electron chi connectivity index (χ4n) is 1.64. The number of fused-ring (bicyclic) bond motifs is 1. The maximum Gasteiger partial charge on any atom is 0.416 e. The largest absolute Gasteiger partial charge is 0.416 e. The van der Waals surface area contributed by atoms with Crippen LogP contribution in [0.25, 0.3) is 10.9 Å². The first-order valence-electron chi connectivity index (χ1n) is 5.08. The maximum absolute atomic E-state index is 12.6. The van der Waals surface area contributed by atoms with E-state index in [2.05, 4.69) is 4.98 Å². The molecule has 0 radical (unpaired) electrons. The molecule has 0 bridgehead atoms. The number of hydrazine groups is 1. The molecular formula is C11H8F3N3O2. The fraction of sp³-hybridized carbons (Fsp3) is 0.0909. The lowest BCUT2D eigenvalue weighted by atomic mass is 10.1. The zero-order valence-corrected chi connectivity index (χ0v) is 9.34. The number of rotatable bonds is 1. The number of alkyl halides is 3. The monoisotopic (exact) mass is 271 g/mol. The van der Waals surface area contributed by atoms with Gasteiger partial charge in [-0.3, -0.25) is 15.0 Å². The summed E-state index contributed by atoms with van der Waals surface area (Å²) in [5.74, 6) is 4.01. The molecule has 0 spiro atoms. The van der Waals surface area contributed by atoms with Crippen LogP contribution in [-0.2, 0) is 6.18 Å². The Bertz CT molecular complexity index is 706. The topological polar surface area (TPSA) is 88.0 Å². The van der Waals surface area contributed by atoms with Crippen LogP contribution < -0.4 is 16.7 Å². The van der Waals surface area contributed by atoms with Gasteiger partial charge in [0.1, 0.15) is 5.56 Å². The highest BCUT2D eigenvalue weighted by Gasteiger charge is 2.30. The second-order valence-corrected chi connectivity index (χ2v) is 3.76. The maximum atomic E-state index is 12.6. The standard InChI is InChI=1S/C11H8F3N3O2/c12-11(13,14)5-1-2-8-6(3-5)9(18)7(4-16-8)10(19)17-15/h1-4H,15H2,(H,16,18)(H,17,19). The van der Waals surface area contributed by atoms with Gasteiger partial charge in [0.25, 0.3) is 5.91 Å². The van der Waals surface area contributed by atoms with Crippen molar-refractivity contribution in [3.63, 3.8) is 0 Å². The summed E-state index contributed by atoms with van der Waals surface area (Å²) in [5.41, 5.74) is -0.181. The molecule has 1 heterocycles.